The van der Waals surface area contributed by atoms with Gasteiger partial charge >= 0.3 is 0 Å². The minimum Gasteiger partial charge on any atom is -0.504 e. The van der Waals surface area contributed by atoms with Crippen molar-refractivity contribution >= 4 is 23.6 Å². The number of benzene rings is 1. The summed E-state index contributed by atoms with van der Waals surface area (Å²) in [5.41, 5.74) is 0.189. The third kappa shape index (κ3) is 3.71. The lowest BCUT2D eigenvalue weighted by Crippen LogP contribution is -2.33. The summed E-state index contributed by atoms with van der Waals surface area (Å²) < 4.78 is 5.00. The number of amides is 1. The molecule has 1 amide bonds. The van der Waals surface area contributed by atoms with Crippen molar-refractivity contribution in [1.82, 2.24) is 5.32 Å². The van der Waals surface area contributed by atoms with Crippen LogP contribution in [-0.4, -0.2) is 24.2 Å². The average Bonchev–Trinajstić information content (AvgIpc) is 3.00. The van der Waals surface area contributed by atoms with Gasteiger partial charge in [-0.05, 0) is 25.0 Å². The highest BCUT2D eigenvalue weighted by Crippen LogP contribution is 2.34. The maximum Gasteiger partial charge on any atom is 0.262 e. The lowest BCUT2D eigenvalue weighted by molar-refractivity contribution is -0.117. The van der Waals surface area contributed by atoms with Crippen LogP contribution in [0.1, 0.15) is 31.2 Å². The zero-order valence-corrected chi connectivity index (χ0v) is 13.0. The summed E-state index contributed by atoms with van der Waals surface area (Å²) in [6.07, 6.45) is 5.35. The van der Waals surface area contributed by atoms with E-state index in [-0.39, 0.29) is 28.7 Å². The predicted molar refractivity (Wildman–Crippen MR) is 83.7 cm³/mol. The molecule has 1 aliphatic carbocycles. The molecule has 2 rings (SSSR count). The Balaban J connectivity index is 2.26. The van der Waals surface area contributed by atoms with Crippen LogP contribution in [0.2, 0.25) is 5.02 Å². The van der Waals surface area contributed by atoms with E-state index in [1.165, 1.54) is 25.3 Å². The van der Waals surface area contributed by atoms with Crippen LogP contribution < -0.4 is 10.1 Å². The third-order valence-electron chi connectivity index (χ3n) is 3.64. The molecule has 2 N–H and O–H groups in total. The number of phenols is 1. The molecular formula is C16H17ClN2O3. The fraction of sp³-hybridized carbons (Fsp3) is 0.375. The number of carbonyl (C=O) groups is 1. The Morgan fingerprint density at radius 2 is 2.18 bits per heavy atom. The van der Waals surface area contributed by atoms with E-state index in [9.17, 15) is 15.2 Å². The Labute approximate surface area is 134 Å². The largest absolute Gasteiger partial charge is 0.504 e. The Hall–Kier alpha value is -2.19. The maximum absolute atomic E-state index is 12.1. The Kier molecular flexibility index (Phi) is 5.29. The van der Waals surface area contributed by atoms with Gasteiger partial charge in [-0.25, -0.2) is 0 Å². The van der Waals surface area contributed by atoms with Gasteiger partial charge in [0.2, 0.25) is 0 Å². The number of nitrogens with one attached hydrogen (secondary N) is 1. The first-order chi connectivity index (χ1) is 10.5. The van der Waals surface area contributed by atoms with Crippen molar-refractivity contribution in [2.45, 2.75) is 31.7 Å². The lowest BCUT2D eigenvalue weighted by Gasteiger charge is -2.11. The number of ether oxygens (including phenoxy) is 1. The number of rotatable bonds is 4. The minimum atomic E-state index is -0.437. The van der Waals surface area contributed by atoms with Gasteiger partial charge in [0.15, 0.2) is 11.5 Å². The maximum atomic E-state index is 12.1. The van der Waals surface area contributed by atoms with Gasteiger partial charge in [-0.1, -0.05) is 24.4 Å². The third-order valence-corrected chi connectivity index (χ3v) is 3.86. The van der Waals surface area contributed by atoms with Crippen LogP contribution in [0.4, 0.5) is 0 Å². The lowest BCUT2D eigenvalue weighted by atomic mass is 10.1. The molecule has 22 heavy (non-hydrogen) atoms. The van der Waals surface area contributed by atoms with E-state index < -0.39 is 5.91 Å². The number of nitriles is 1. The summed E-state index contributed by atoms with van der Waals surface area (Å²) >= 11 is 5.94. The molecule has 5 nitrogen and oxygen atoms in total. The molecule has 0 radical (unpaired) electrons. The van der Waals surface area contributed by atoms with E-state index in [4.69, 9.17) is 16.3 Å². The quantitative estimate of drug-likeness (QED) is 0.660. The van der Waals surface area contributed by atoms with E-state index in [1.807, 2.05) is 6.07 Å². The number of aromatic hydroxyl groups is 1. The Morgan fingerprint density at radius 1 is 1.50 bits per heavy atom. The molecule has 0 spiro atoms. The number of hydrogen-bond acceptors (Lipinski definition) is 4. The second-order valence-corrected chi connectivity index (χ2v) is 5.61. The average molecular weight is 321 g/mol. The molecule has 0 saturated heterocycles. The molecule has 0 unspecified atom stereocenters. The highest BCUT2D eigenvalue weighted by atomic mass is 35.5. The zero-order valence-electron chi connectivity index (χ0n) is 12.2. The van der Waals surface area contributed by atoms with Crippen molar-refractivity contribution in [1.29, 1.82) is 5.26 Å². The van der Waals surface area contributed by atoms with Gasteiger partial charge in [-0.15, -0.1) is 0 Å². The number of carbonyl (C=O) groups excluding carboxylic acids is 1. The highest BCUT2D eigenvalue weighted by Gasteiger charge is 2.20. The summed E-state index contributed by atoms with van der Waals surface area (Å²) in [6, 6.07) is 4.91. The highest BCUT2D eigenvalue weighted by molar-refractivity contribution is 6.31. The summed E-state index contributed by atoms with van der Waals surface area (Å²) in [4.78, 5) is 12.1. The van der Waals surface area contributed by atoms with Crippen LogP contribution in [0.25, 0.3) is 6.08 Å². The Bertz CT molecular complexity index is 644. The van der Waals surface area contributed by atoms with Crippen LogP contribution in [0.5, 0.6) is 11.5 Å². The van der Waals surface area contributed by atoms with Gasteiger partial charge in [-0.2, -0.15) is 5.26 Å². The summed E-state index contributed by atoms with van der Waals surface area (Å²) in [5.74, 6) is -0.409. The molecule has 1 aliphatic rings. The van der Waals surface area contributed by atoms with Crippen molar-refractivity contribution < 1.29 is 14.6 Å². The second kappa shape index (κ2) is 7.19. The summed E-state index contributed by atoms with van der Waals surface area (Å²) in [7, 11) is 1.40. The summed E-state index contributed by atoms with van der Waals surface area (Å²) in [6.45, 7) is 0. The first kappa shape index (κ1) is 16.2. The van der Waals surface area contributed by atoms with Crippen molar-refractivity contribution in [3.05, 3.63) is 28.3 Å². The van der Waals surface area contributed by atoms with Crippen molar-refractivity contribution in [2.75, 3.05) is 7.11 Å². The van der Waals surface area contributed by atoms with Crippen LogP contribution in [0.15, 0.2) is 17.7 Å². The topological polar surface area (TPSA) is 82.3 Å². The van der Waals surface area contributed by atoms with E-state index in [0.29, 0.717) is 5.02 Å². The number of methoxy groups -OCH3 is 1. The molecule has 1 saturated carbocycles. The first-order valence-electron chi connectivity index (χ1n) is 7.04. The molecule has 116 valence electrons. The molecule has 0 atom stereocenters. The monoisotopic (exact) mass is 320 g/mol. The SMILES string of the molecule is COc1cc(Cl)cc(/C=C(/C#N)C(=O)NC2CCCC2)c1O. The van der Waals surface area contributed by atoms with Crippen LogP contribution in [0.3, 0.4) is 0 Å². The smallest absolute Gasteiger partial charge is 0.262 e. The van der Waals surface area contributed by atoms with Crippen molar-refractivity contribution in [3.63, 3.8) is 0 Å². The second-order valence-electron chi connectivity index (χ2n) is 5.17. The molecule has 1 aromatic rings. The molecule has 0 bridgehead atoms. The molecule has 1 aromatic carbocycles. The van der Waals surface area contributed by atoms with Gasteiger partial charge in [-0.3, -0.25) is 4.79 Å². The first-order valence-corrected chi connectivity index (χ1v) is 7.42. The van der Waals surface area contributed by atoms with E-state index >= 15 is 0 Å². The summed E-state index contributed by atoms with van der Waals surface area (Å²) in [5, 5.41) is 22.4. The fourth-order valence-corrected chi connectivity index (χ4v) is 2.71. The van der Waals surface area contributed by atoms with E-state index in [1.54, 1.807) is 0 Å². The standard InChI is InChI=1S/C16H17ClN2O3/c1-22-14-8-12(17)7-10(15(14)20)6-11(9-18)16(21)19-13-4-2-3-5-13/h6-8,13,20H,2-5H2,1H3,(H,19,21)/b11-6-. The molecular weight excluding hydrogens is 304 g/mol. The van der Waals surface area contributed by atoms with Gasteiger partial charge < -0.3 is 15.2 Å². The molecule has 6 heteroatoms. The number of halogens is 1. The minimum absolute atomic E-state index is 0.0773. The fourth-order valence-electron chi connectivity index (χ4n) is 2.50. The zero-order chi connectivity index (χ0) is 16.1. The van der Waals surface area contributed by atoms with Gasteiger partial charge in [0.25, 0.3) is 5.91 Å². The number of phenolic OH excluding ortho intramolecular Hbond substituents is 1. The molecule has 1 fully saturated rings. The van der Waals surface area contributed by atoms with Gasteiger partial charge in [0.05, 0.1) is 7.11 Å². The Morgan fingerprint density at radius 3 is 2.77 bits per heavy atom. The van der Waals surface area contributed by atoms with Crippen molar-refractivity contribution in [3.8, 4) is 17.6 Å². The molecule has 0 heterocycles. The normalized spacial score (nSPS) is 15.4. The van der Waals surface area contributed by atoms with Gasteiger partial charge in [0, 0.05) is 22.7 Å². The number of nitrogens with zero attached hydrogens (tertiary/aromatic N) is 1. The number of hydrogen-bond donors (Lipinski definition) is 2. The van der Waals surface area contributed by atoms with Crippen LogP contribution >= 0.6 is 11.6 Å². The van der Waals surface area contributed by atoms with Crippen LogP contribution in [0, 0.1) is 11.3 Å². The van der Waals surface area contributed by atoms with Crippen LogP contribution in [-0.2, 0) is 4.79 Å². The van der Waals surface area contributed by atoms with Gasteiger partial charge in [0.1, 0.15) is 11.6 Å². The van der Waals surface area contributed by atoms with Crippen molar-refractivity contribution in [2.24, 2.45) is 0 Å². The predicted octanol–water partition coefficient (Wildman–Crippen LogP) is 3.02. The molecule has 0 aromatic heterocycles. The van der Waals surface area contributed by atoms with E-state index in [2.05, 4.69) is 5.32 Å². The van der Waals surface area contributed by atoms with E-state index in [0.717, 1.165) is 25.7 Å². The molecule has 0 aliphatic heterocycles.